The number of hydrogen-bond acceptors (Lipinski definition) is 3. The van der Waals surface area contributed by atoms with Gasteiger partial charge in [-0.3, -0.25) is 4.79 Å². The number of ketones is 1. The van der Waals surface area contributed by atoms with E-state index >= 15 is 0 Å². The Morgan fingerprint density at radius 3 is 1.30 bits per heavy atom. The van der Waals surface area contributed by atoms with E-state index < -0.39 is 5.92 Å². The molecule has 0 aliphatic heterocycles. The van der Waals surface area contributed by atoms with Crippen molar-refractivity contribution in [2.45, 2.75) is 119 Å². The highest BCUT2D eigenvalue weighted by atomic mass is 16.1. The minimum absolute atomic E-state index is 0.0378. The summed E-state index contributed by atoms with van der Waals surface area (Å²) in [5.74, 6) is -1.08. The quantitative estimate of drug-likeness (QED) is 0.0541. The molecule has 0 spiro atoms. The molecule has 0 saturated carbocycles. The smallest absolute Gasteiger partial charge is 0.168 e. The first-order valence-corrected chi connectivity index (χ1v) is 14.0. The molecule has 1 atom stereocenters. The van der Waals surface area contributed by atoms with Gasteiger partial charge in [-0.25, -0.2) is 0 Å². The van der Waals surface area contributed by atoms with Gasteiger partial charge in [0.25, 0.3) is 0 Å². The lowest BCUT2D eigenvalue weighted by atomic mass is 9.96. The molecule has 0 bridgehead atoms. The molecule has 0 saturated heterocycles. The molecule has 37 heavy (non-hydrogen) atoms. The fraction of sp³-hybridized carbons (Fsp3) is 0.559. The van der Waals surface area contributed by atoms with Crippen LogP contribution < -0.4 is 0 Å². The van der Waals surface area contributed by atoms with E-state index in [0.717, 1.165) is 64.2 Å². The molecular weight excluding hydrogens is 456 g/mol. The van der Waals surface area contributed by atoms with E-state index in [1.54, 1.807) is 6.92 Å². The number of unbranched alkanes of at least 4 members (excludes halogenated alkanes) is 1. The first-order chi connectivity index (χ1) is 17.6. The van der Waals surface area contributed by atoms with Crippen LogP contribution in [-0.2, 0) is 14.4 Å². The Hall–Kier alpha value is -2.55. The number of allylic oxidation sites excluding steroid dienone is 12. The summed E-state index contributed by atoms with van der Waals surface area (Å²) in [6, 6.07) is 0. The van der Waals surface area contributed by atoms with Crippen LogP contribution in [0.3, 0.4) is 0 Å². The van der Waals surface area contributed by atoms with Crippen molar-refractivity contribution in [3.05, 3.63) is 69.9 Å². The first kappa shape index (κ1) is 34.5. The molecule has 0 radical (unpaired) electrons. The molecule has 0 aromatic heterocycles. The maximum absolute atomic E-state index is 12.2. The summed E-state index contributed by atoms with van der Waals surface area (Å²) in [5.41, 5.74) is 7.68. The van der Waals surface area contributed by atoms with Gasteiger partial charge in [0.15, 0.2) is 5.78 Å². The normalized spacial score (nSPS) is 14.4. The standard InChI is InChI=1S/C34H52O3/c1-27(2)14-10-17-30(5)20-11-18-28(3)15-8-9-16-29(4)19-12-21-31(6)22-13-23-32(7)34(37)33(26-36)24-25-35/h14-16,20-21,23,25-26,33H,8-13,17-19,22,24H2,1-7H3. The zero-order valence-electron chi connectivity index (χ0n) is 24.7. The summed E-state index contributed by atoms with van der Waals surface area (Å²) in [4.78, 5) is 33.7. The van der Waals surface area contributed by atoms with Crippen molar-refractivity contribution in [2.24, 2.45) is 5.92 Å². The number of Topliss-reactive ketones (excluding diaryl/α,β-unsaturated/α-hetero) is 1. The van der Waals surface area contributed by atoms with Gasteiger partial charge in [0.2, 0.25) is 0 Å². The second kappa shape index (κ2) is 21.5. The molecule has 0 heterocycles. The van der Waals surface area contributed by atoms with E-state index in [2.05, 4.69) is 71.9 Å². The molecule has 0 N–H and O–H groups in total. The maximum atomic E-state index is 12.2. The Bertz CT molecular complexity index is 886. The van der Waals surface area contributed by atoms with Crippen LogP contribution in [-0.4, -0.2) is 18.4 Å². The van der Waals surface area contributed by atoms with Gasteiger partial charge < -0.3 is 9.59 Å². The fourth-order valence-corrected chi connectivity index (χ4v) is 3.99. The summed E-state index contributed by atoms with van der Waals surface area (Å²) in [6.45, 7) is 14.9. The number of rotatable bonds is 20. The highest BCUT2D eigenvalue weighted by Gasteiger charge is 2.18. The van der Waals surface area contributed by atoms with Crippen LogP contribution in [0.2, 0.25) is 0 Å². The topological polar surface area (TPSA) is 51.2 Å². The molecule has 0 rings (SSSR count). The van der Waals surface area contributed by atoms with Crippen molar-refractivity contribution >= 4 is 18.4 Å². The molecule has 0 aliphatic carbocycles. The molecule has 1 unspecified atom stereocenters. The monoisotopic (exact) mass is 508 g/mol. The number of carbonyl (C=O) groups is 3. The zero-order valence-corrected chi connectivity index (χ0v) is 24.7. The number of aldehydes is 2. The van der Waals surface area contributed by atoms with E-state index in [0.29, 0.717) is 18.1 Å². The van der Waals surface area contributed by atoms with Crippen LogP contribution >= 0.6 is 0 Å². The molecule has 0 fully saturated rings. The largest absolute Gasteiger partial charge is 0.303 e. The second-order valence-electron chi connectivity index (χ2n) is 10.6. The third-order valence-electron chi connectivity index (χ3n) is 6.54. The van der Waals surface area contributed by atoms with Crippen molar-refractivity contribution in [1.82, 2.24) is 0 Å². The zero-order chi connectivity index (χ0) is 28.1. The van der Waals surface area contributed by atoms with E-state index in [1.165, 1.54) is 27.9 Å². The van der Waals surface area contributed by atoms with E-state index in [1.807, 2.05) is 6.08 Å². The van der Waals surface area contributed by atoms with Gasteiger partial charge in [-0.05, 0) is 118 Å². The molecule has 0 aromatic rings. The molecule has 3 heteroatoms. The number of hydrogen-bond donors (Lipinski definition) is 0. The summed E-state index contributed by atoms with van der Waals surface area (Å²) >= 11 is 0. The van der Waals surface area contributed by atoms with Crippen molar-refractivity contribution in [3.8, 4) is 0 Å². The van der Waals surface area contributed by atoms with E-state index in [-0.39, 0.29) is 12.2 Å². The van der Waals surface area contributed by atoms with Gasteiger partial charge in [0.05, 0.1) is 5.92 Å². The minimum Gasteiger partial charge on any atom is -0.303 e. The van der Waals surface area contributed by atoms with Crippen LogP contribution in [0.15, 0.2) is 69.9 Å². The Morgan fingerprint density at radius 1 is 0.541 bits per heavy atom. The molecular formula is C34H52O3. The lowest BCUT2D eigenvalue weighted by molar-refractivity contribution is -0.127. The Kier molecular flexibility index (Phi) is 20.0. The van der Waals surface area contributed by atoms with Crippen LogP contribution in [0.4, 0.5) is 0 Å². The van der Waals surface area contributed by atoms with Gasteiger partial charge in [0, 0.05) is 6.42 Å². The van der Waals surface area contributed by atoms with Crippen LogP contribution in [0.25, 0.3) is 0 Å². The van der Waals surface area contributed by atoms with E-state index in [4.69, 9.17) is 0 Å². The first-order valence-electron chi connectivity index (χ1n) is 14.0. The lowest BCUT2D eigenvalue weighted by Crippen LogP contribution is -2.17. The average molecular weight is 509 g/mol. The Balaban J connectivity index is 4.28. The summed E-state index contributed by atoms with van der Waals surface area (Å²) in [5, 5.41) is 0. The molecule has 206 valence electrons. The molecule has 0 aliphatic rings. The van der Waals surface area contributed by atoms with Crippen LogP contribution in [0.5, 0.6) is 0 Å². The van der Waals surface area contributed by atoms with Crippen LogP contribution in [0, 0.1) is 5.92 Å². The van der Waals surface area contributed by atoms with Gasteiger partial charge >= 0.3 is 0 Å². The number of carbonyl (C=O) groups excluding carboxylic acids is 3. The van der Waals surface area contributed by atoms with Crippen molar-refractivity contribution in [3.63, 3.8) is 0 Å². The Morgan fingerprint density at radius 2 is 0.919 bits per heavy atom. The summed E-state index contributed by atoms with van der Waals surface area (Å²) < 4.78 is 0. The van der Waals surface area contributed by atoms with E-state index in [9.17, 15) is 14.4 Å². The highest BCUT2D eigenvalue weighted by Crippen LogP contribution is 2.15. The van der Waals surface area contributed by atoms with Gasteiger partial charge in [0.1, 0.15) is 12.6 Å². The predicted octanol–water partition coefficient (Wildman–Crippen LogP) is 9.56. The van der Waals surface area contributed by atoms with Crippen molar-refractivity contribution in [1.29, 1.82) is 0 Å². The second-order valence-corrected chi connectivity index (χ2v) is 10.6. The fourth-order valence-electron chi connectivity index (χ4n) is 3.99. The van der Waals surface area contributed by atoms with Crippen LogP contribution in [0.1, 0.15) is 119 Å². The third kappa shape index (κ3) is 19.3. The third-order valence-corrected chi connectivity index (χ3v) is 6.54. The molecule has 0 amide bonds. The lowest BCUT2D eigenvalue weighted by Gasteiger charge is -2.06. The van der Waals surface area contributed by atoms with Gasteiger partial charge in [-0.15, -0.1) is 0 Å². The van der Waals surface area contributed by atoms with Gasteiger partial charge in [-0.1, -0.05) is 64.3 Å². The minimum atomic E-state index is -0.839. The summed E-state index contributed by atoms with van der Waals surface area (Å²) in [7, 11) is 0. The Labute approximate surface area is 227 Å². The van der Waals surface area contributed by atoms with Crippen molar-refractivity contribution in [2.75, 3.05) is 0 Å². The van der Waals surface area contributed by atoms with Crippen molar-refractivity contribution < 1.29 is 14.4 Å². The highest BCUT2D eigenvalue weighted by molar-refractivity contribution is 6.05. The summed E-state index contributed by atoms with van der Waals surface area (Å²) in [6.07, 6.45) is 25.3. The maximum Gasteiger partial charge on any atom is 0.168 e. The van der Waals surface area contributed by atoms with Gasteiger partial charge in [-0.2, -0.15) is 0 Å². The average Bonchev–Trinajstić information content (AvgIpc) is 2.84. The molecule has 0 aromatic carbocycles. The predicted molar refractivity (Wildman–Crippen MR) is 160 cm³/mol. The molecule has 3 nitrogen and oxygen atoms in total. The SMILES string of the molecule is CC(C)=CCCC(C)=CCCC(C)=CCCC=C(C)CCC=C(C)CCC=C(C)C(=O)C(C=O)CC=O.